The number of nitrogens with zero attached hydrogens (tertiary/aromatic N) is 1. The number of aldehydes is 1. The van der Waals surface area contributed by atoms with Crippen LogP contribution in [-0.2, 0) is 4.79 Å². The Morgan fingerprint density at radius 3 is 2.31 bits per heavy atom. The fraction of sp³-hybridized carbons (Fsp3) is 0. The number of rotatable bonds is 4. The minimum atomic E-state index is -0.426. The number of hydrazine groups is 1. The monoisotopic (exact) mass is 446 g/mol. The molecule has 0 bridgehead atoms. The second kappa shape index (κ2) is 7.94. The molecule has 1 aliphatic heterocycles. The summed E-state index contributed by atoms with van der Waals surface area (Å²) in [4.78, 5) is 35.9. The van der Waals surface area contributed by atoms with Crippen molar-refractivity contribution in [2.24, 2.45) is 0 Å². The molecule has 0 spiro atoms. The molecular formula is C18H11BrN2O3S2. The highest BCUT2D eigenvalue weighted by Crippen LogP contribution is 2.31. The molecule has 0 saturated carbocycles. The van der Waals surface area contributed by atoms with Crippen LogP contribution in [0.3, 0.4) is 0 Å². The lowest BCUT2D eigenvalue weighted by Gasteiger charge is -2.15. The van der Waals surface area contributed by atoms with Crippen molar-refractivity contribution >= 4 is 68.4 Å². The third-order valence-electron chi connectivity index (χ3n) is 3.48. The molecule has 0 radical (unpaired) electrons. The van der Waals surface area contributed by atoms with E-state index in [-0.39, 0.29) is 4.32 Å². The Balaban J connectivity index is 1.75. The van der Waals surface area contributed by atoms with Crippen LogP contribution in [-0.4, -0.2) is 27.4 Å². The molecule has 1 N–H and O–H groups in total. The average Bonchev–Trinajstić information content (AvgIpc) is 2.90. The number of hydrogen-bond acceptors (Lipinski definition) is 5. The van der Waals surface area contributed by atoms with E-state index in [9.17, 15) is 14.4 Å². The zero-order valence-electron chi connectivity index (χ0n) is 13.1. The highest BCUT2D eigenvalue weighted by molar-refractivity contribution is 9.10. The highest BCUT2D eigenvalue weighted by Gasteiger charge is 2.33. The quantitative estimate of drug-likeness (QED) is 0.439. The Morgan fingerprint density at radius 2 is 1.69 bits per heavy atom. The van der Waals surface area contributed by atoms with Crippen LogP contribution in [0.2, 0.25) is 0 Å². The van der Waals surface area contributed by atoms with Crippen LogP contribution in [0.4, 0.5) is 0 Å². The summed E-state index contributed by atoms with van der Waals surface area (Å²) in [6, 6.07) is 13.5. The van der Waals surface area contributed by atoms with Gasteiger partial charge in [0.15, 0.2) is 4.32 Å². The molecule has 3 rings (SSSR count). The van der Waals surface area contributed by atoms with Crippen LogP contribution < -0.4 is 5.43 Å². The first kappa shape index (κ1) is 18.5. The number of thioether (sulfide) groups is 1. The zero-order chi connectivity index (χ0) is 18.7. The third kappa shape index (κ3) is 4.09. The number of nitrogens with one attached hydrogen (secondary N) is 1. The molecule has 2 aromatic rings. The van der Waals surface area contributed by atoms with E-state index < -0.39 is 11.8 Å². The van der Waals surface area contributed by atoms with Crippen molar-refractivity contribution in [3.05, 3.63) is 74.6 Å². The fourth-order valence-electron chi connectivity index (χ4n) is 2.15. The predicted octanol–water partition coefficient (Wildman–Crippen LogP) is 3.81. The predicted molar refractivity (Wildman–Crippen MR) is 108 cm³/mol. The highest BCUT2D eigenvalue weighted by atomic mass is 79.9. The molecule has 5 nitrogen and oxygen atoms in total. The molecule has 0 aromatic heterocycles. The van der Waals surface area contributed by atoms with Crippen LogP contribution >= 0.6 is 39.9 Å². The van der Waals surface area contributed by atoms with Crippen LogP contribution in [0.25, 0.3) is 6.08 Å². The van der Waals surface area contributed by atoms with Gasteiger partial charge in [0.1, 0.15) is 6.29 Å². The van der Waals surface area contributed by atoms with Crippen LogP contribution in [0.1, 0.15) is 26.3 Å². The molecule has 2 aromatic carbocycles. The lowest BCUT2D eigenvalue weighted by Crippen LogP contribution is -2.44. The first-order chi connectivity index (χ1) is 12.5. The SMILES string of the molecule is O=Cc1ccc(C=C2SC(=S)N(NC(=O)c3ccc(Br)cc3)C2=O)cc1. The normalized spacial score (nSPS) is 15.4. The van der Waals surface area contributed by atoms with Crippen LogP contribution in [0.5, 0.6) is 0 Å². The molecule has 2 amide bonds. The maximum absolute atomic E-state index is 12.5. The molecule has 1 heterocycles. The number of carbonyl (C=O) groups excluding carboxylic acids is 3. The van der Waals surface area contributed by atoms with Gasteiger partial charge in [-0.15, -0.1) is 0 Å². The fourth-order valence-corrected chi connectivity index (χ4v) is 3.60. The Morgan fingerprint density at radius 1 is 1.08 bits per heavy atom. The summed E-state index contributed by atoms with van der Waals surface area (Å²) in [5, 5.41) is 1.07. The summed E-state index contributed by atoms with van der Waals surface area (Å²) in [7, 11) is 0. The lowest BCUT2D eigenvalue weighted by atomic mass is 10.1. The molecule has 130 valence electrons. The number of hydrogen-bond donors (Lipinski definition) is 1. The molecular weight excluding hydrogens is 436 g/mol. The number of amides is 2. The van der Waals surface area contributed by atoms with E-state index in [1.54, 1.807) is 54.6 Å². The van der Waals surface area contributed by atoms with Crippen molar-refractivity contribution in [1.29, 1.82) is 0 Å². The van der Waals surface area contributed by atoms with Gasteiger partial charge >= 0.3 is 0 Å². The van der Waals surface area contributed by atoms with E-state index >= 15 is 0 Å². The van der Waals surface area contributed by atoms with Gasteiger partial charge in [-0.25, -0.2) is 0 Å². The third-order valence-corrected chi connectivity index (χ3v) is 5.31. The first-order valence-corrected chi connectivity index (χ1v) is 9.39. The van der Waals surface area contributed by atoms with Gasteiger partial charge in [0.2, 0.25) is 0 Å². The summed E-state index contributed by atoms with van der Waals surface area (Å²) >= 11 is 9.60. The number of carbonyl (C=O) groups is 3. The summed E-state index contributed by atoms with van der Waals surface area (Å²) in [6.07, 6.45) is 2.42. The molecule has 0 atom stereocenters. The van der Waals surface area contributed by atoms with Crippen molar-refractivity contribution in [3.8, 4) is 0 Å². The summed E-state index contributed by atoms with van der Waals surface area (Å²) in [5.41, 5.74) is 4.25. The summed E-state index contributed by atoms with van der Waals surface area (Å²) in [5.74, 6) is -0.824. The maximum atomic E-state index is 12.5. The maximum Gasteiger partial charge on any atom is 0.285 e. The number of halogens is 1. The Kier molecular flexibility index (Phi) is 5.65. The second-order valence-electron chi connectivity index (χ2n) is 5.25. The van der Waals surface area contributed by atoms with E-state index in [0.29, 0.717) is 16.0 Å². The first-order valence-electron chi connectivity index (χ1n) is 7.37. The van der Waals surface area contributed by atoms with Gasteiger partial charge in [0, 0.05) is 15.6 Å². The van der Waals surface area contributed by atoms with Crippen molar-refractivity contribution < 1.29 is 14.4 Å². The Hall–Kier alpha value is -2.29. The molecule has 26 heavy (non-hydrogen) atoms. The molecule has 8 heteroatoms. The van der Waals surface area contributed by atoms with E-state index in [1.165, 1.54) is 0 Å². The standard InChI is InChI=1S/C18H11BrN2O3S2/c19-14-7-5-13(6-8-14)16(23)20-21-17(24)15(26-18(21)25)9-11-1-3-12(10-22)4-2-11/h1-10H,(H,20,23). The second-order valence-corrected chi connectivity index (χ2v) is 7.84. The van der Waals surface area contributed by atoms with Crippen LogP contribution in [0, 0.1) is 0 Å². The van der Waals surface area contributed by atoms with Gasteiger partial charge in [-0.05, 0) is 48.1 Å². The van der Waals surface area contributed by atoms with Gasteiger partial charge in [-0.3, -0.25) is 19.8 Å². The smallest absolute Gasteiger partial charge is 0.285 e. The Bertz CT molecular complexity index is 924. The van der Waals surface area contributed by atoms with Crippen molar-refractivity contribution in [3.63, 3.8) is 0 Å². The minimum Gasteiger partial charge on any atom is -0.298 e. The summed E-state index contributed by atoms with van der Waals surface area (Å²) in [6.45, 7) is 0. The number of thiocarbonyl (C=S) groups is 1. The molecule has 0 unspecified atom stereocenters. The molecule has 1 aliphatic rings. The van der Waals surface area contributed by atoms with Gasteiger partial charge in [-0.1, -0.05) is 52.0 Å². The van der Waals surface area contributed by atoms with Gasteiger partial charge < -0.3 is 0 Å². The van der Waals surface area contributed by atoms with E-state index in [2.05, 4.69) is 21.4 Å². The molecule has 0 aliphatic carbocycles. The molecule has 1 fully saturated rings. The number of benzene rings is 2. The van der Waals surface area contributed by atoms with Crippen molar-refractivity contribution in [1.82, 2.24) is 10.4 Å². The lowest BCUT2D eigenvalue weighted by molar-refractivity contribution is -0.123. The van der Waals surface area contributed by atoms with Gasteiger partial charge in [-0.2, -0.15) is 5.01 Å². The van der Waals surface area contributed by atoms with Crippen LogP contribution in [0.15, 0.2) is 57.9 Å². The molecule has 1 saturated heterocycles. The van der Waals surface area contributed by atoms with Crippen molar-refractivity contribution in [2.45, 2.75) is 0 Å². The Labute approximate surface area is 167 Å². The summed E-state index contributed by atoms with van der Waals surface area (Å²) < 4.78 is 1.10. The zero-order valence-corrected chi connectivity index (χ0v) is 16.4. The largest absolute Gasteiger partial charge is 0.298 e. The van der Waals surface area contributed by atoms with Gasteiger partial charge in [0.05, 0.1) is 4.91 Å². The van der Waals surface area contributed by atoms with E-state index in [1.807, 2.05) is 0 Å². The van der Waals surface area contributed by atoms with Crippen molar-refractivity contribution in [2.75, 3.05) is 0 Å². The average molecular weight is 447 g/mol. The van der Waals surface area contributed by atoms with E-state index in [0.717, 1.165) is 33.1 Å². The minimum absolute atomic E-state index is 0.247. The van der Waals surface area contributed by atoms with Gasteiger partial charge in [0.25, 0.3) is 11.8 Å². The van der Waals surface area contributed by atoms with E-state index in [4.69, 9.17) is 12.2 Å². The topological polar surface area (TPSA) is 66.5 Å².